The van der Waals surface area contributed by atoms with Gasteiger partial charge in [-0.1, -0.05) is 23.7 Å². The van der Waals surface area contributed by atoms with Gasteiger partial charge in [0.05, 0.1) is 20.3 Å². The van der Waals surface area contributed by atoms with Gasteiger partial charge in [0, 0.05) is 29.9 Å². The maximum absolute atomic E-state index is 13.0. The molecule has 0 aliphatic carbocycles. The van der Waals surface area contributed by atoms with E-state index in [9.17, 15) is 18.0 Å². The summed E-state index contributed by atoms with van der Waals surface area (Å²) in [5.41, 5.74) is 0.925. The Morgan fingerprint density at radius 2 is 1.94 bits per heavy atom. The third kappa shape index (κ3) is 6.78. The third-order valence-electron chi connectivity index (χ3n) is 4.64. The number of hydrogen-bond acceptors (Lipinski definition) is 7. The van der Waals surface area contributed by atoms with Crippen LogP contribution in [0, 0.1) is 0 Å². The van der Waals surface area contributed by atoms with Crippen LogP contribution in [0.2, 0.25) is 5.02 Å². The number of carbonyl (C=O) groups excluding carboxylic acids is 2. The predicted molar refractivity (Wildman–Crippen MR) is 123 cm³/mol. The molecule has 0 bridgehead atoms. The summed E-state index contributed by atoms with van der Waals surface area (Å²) in [6.45, 7) is 0.634. The van der Waals surface area contributed by atoms with Crippen molar-refractivity contribution in [2.24, 2.45) is 0 Å². The zero-order chi connectivity index (χ0) is 23.8. The standard InChI is InChI=1S/C22H23ClN2O7S/c1-30-19-7-5-16(13-20(19)33(28,29)25-9-11-31-12-10-25)6-8-22(27)32-15-21(26)24-18-4-2-3-17(23)14-18/h2-8,13-14H,9-12,15H2,1H3,(H,24,26)/b8-6+. The van der Waals surface area contributed by atoms with Gasteiger partial charge in [-0.25, -0.2) is 13.2 Å². The summed E-state index contributed by atoms with van der Waals surface area (Å²) in [6, 6.07) is 11.1. The highest BCUT2D eigenvalue weighted by molar-refractivity contribution is 7.89. The zero-order valence-electron chi connectivity index (χ0n) is 17.8. The number of morpholine rings is 1. The third-order valence-corrected chi connectivity index (χ3v) is 6.80. The number of halogens is 1. The molecule has 1 saturated heterocycles. The number of benzene rings is 2. The molecule has 176 valence electrons. The van der Waals surface area contributed by atoms with Crippen LogP contribution in [0.15, 0.2) is 53.4 Å². The molecule has 1 aliphatic rings. The number of rotatable bonds is 8. The van der Waals surface area contributed by atoms with Crippen LogP contribution in [0.1, 0.15) is 5.56 Å². The average molecular weight is 495 g/mol. The number of methoxy groups -OCH3 is 1. The normalized spacial score (nSPS) is 14.7. The molecule has 0 spiro atoms. The molecule has 3 rings (SSSR count). The van der Waals surface area contributed by atoms with Crippen LogP contribution in [-0.2, 0) is 29.1 Å². The number of ether oxygens (including phenoxy) is 3. The Morgan fingerprint density at radius 3 is 2.64 bits per heavy atom. The largest absolute Gasteiger partial charge is 0.495 e. The maximum atomic E-state index is 13.0. The van der Waals surface area contributed by atoms with Gasteiger partial charge >= 0.3 is 5.97 Å². The summed E-state index contributed by atoms with van der Waals surface area (Å²) < 4.78 is 42.8. The molecular weight excluding hydrogens is 472 g/mol. The van der Waals surface area contributed by atoms with Crippen LogP contribution in [0.25, 0.3) is 6.08 Å². The minimum absolute atomic E-state index is 0.0108. The van der Waals surface area contributed by atoms with E-state index in [1.54, 1.807) is 30.3 Å². The molecule has 1 heterocycles. The summed E-state index contributed by atoms with van der Waals surface area (Å²) in [7, 11) is -2.42. The van der Waals surface area contributed by atoms with Crippen LogP contribution < -0.4 is 10.1 Å². The SMILES string of the molecule is COc1ccc(/C=C/C(=O)OCC(=O)Nc2cccc(Cl)c2)cc1S(=O)(=O)N1CCOCC1. The number of nitrogens with zero attached hydrogens (tertiary/aromatic N) is 1. The Labute approximate surface area is 196 Å². The Morgan fingerprint density at radius 1 is 1.18 bits per heavy atom. The minimum atomic E-state index is -3.80. The van der Waals surface area contributed by atoms with Crippen molar-refractivity contribution >= 4 is 45.3 Å². The molecule has 1 amide bonds. The minimum Gasteiger partial charge on any atom is -0.495 e. The van der Waals surface area contributed by atoms with E-state index in [1.807, 2.05) is 0 Å². The molecule has 0 radical (unpaired) electrons. The van der Waals surface area contributed by atoms with Gasteiger partial charge in [-0.2, -0.15) is 4.31 Å². The lowest BCUT2D eigenvalue weighted by atomic mass is 10.2. The highest BCUT2D eigenvalue weighted by atomic mass is 35.5. The highest BCUT2D eigenvalue weighted by Gasteiger charge is 2.29. The first-order chi connectivity index (χ1) is 15.8. The molecule has 1 fully saturated rings. The van der Waals surface area contributed by atoms with Crippen molar-refractivity contribution in [2.75, 3.05) is 45.3 Å². The van der Waals surface area contributed by atoms with E-state index in [2.05, 4.69) is 5.32 Å². The number of esters is 1. The molecule has 0 atom stereocenters. The number of hydrogen-bond donors (Lipinski definition) is 1. The van der Waals surface area contributed by atoms with E-state index in [4.69, 9.17) is 25.8 Å². The number of sulfonamides is 1. The van der Waals surface area contributed by atoms with E-state index in [-0.39, 0.29) is 23.7 Å². The molecule has 1 aliphatic heterocycles. The monoisotopic (exact) mass is 494 g/mol. The van der Waals surface area contributed by atoms with E-state index >= 15 is 0 Å². The van der Waals surface area contributed by atoms with Crippen molar-refractivity contribution in [2.45, 2.75) is 4.90 Å². The maximum Gasteiger partial charge on any atom is 0.331 e. The van der Waals surface area contributed by atoms with Crippen molar-refractivity contribution in [1.82, 2.24) is 4.31 Å². The van der Waals surface area contributed by atoms with Crippen molar-refractivity contribution in [1.29, 1.82) is 0 Å². The van der Waals surface area contributed by atoms with Gasteiger partial charge in [-0.15, -0.1) is 0 Å². The molecule has 33 heavy (non-hydrogen) atoms. The fourth-order valence-electron chi connectivity index (χ4n) is 3.04. The molecule has 1 N–H and O–H groups in total. The van der Waals surface area contributed by atoms with Gasteiger partial charge < -0.3 is 19.5 Å². The van der Waals surface area contributed by atoms with Crippen molar-refractivity contribution < 1.29 is 32.2 Å². The van der Waals surface area contributed by atoms with E-state index in [0.717, 1.165) is 6.08 Å². The van der Waals surface area contributed by atoms with Crippen LogP contribution in [0.3, 0.4) is 0 Å². The van der Waals surface area contributed by atoms with Crippen LogP contribution in [0.4, 0.5) is 5.69 Å². The summed E-state index contributed by atoms with van der Waals surface area (Å²) in [4.78, 5) is 23.9. The summed E-state index contributed by atoms with van der Waals surface area (Å²) in [6.07, 6.45) is 2.51. The Hall–Kier alpha value is -2.92. The van der Waals surface area contributed by atoms with Gasteiger partial charge in [0.1, 0.15) is 10.6 Å². The lowest BCUT2D eigenvalue weighted by Gasteiger charge is -2.26. The predicted octanol–water partition coefficient (Wildman–Crippen LogP) is 2.56. The number of carbonyl (C=O) groups is 2. The molecular formula is C22H23ClN2O7S. The van der Waals surface area contributed by atoms with Crippen LogP contribution in [-0.4, -0.2) is 64.6 Å². The van der Waals surface area contributed by atoms with Gasteiger partial charge in [-0.05, 0) is 42.0 Å². The van der Waals surface area contributed by atoms with Gasteiger partial charge in [0.2, 0.25) is 10.0 Å². The number of nitrogens with one attached hydrogen (secondary N) is 1. The second kappa shape index (κ2) is 11.3. The molecule has 2 aromatic rings. The Kier molecular flexibility index (Phi) is 8.45. The molecule has 2 aromatic carbocycles. The first-order valence-electron chi connectivity index (χ1n) is 9.96. The van der Waals surface area contributed by atoms with Gasteiger partial charge in [-0.3, -0.25) is 4.79 Å². The van der Waals surface area contributed by atoms with Gasteiger partial charge in [0.15, 0.2) is 6.61 Å². The zero-order valence-corrected chi connectivity index (χ0v) is 19.4. The summed E-state index contributed by atoms with van der Waals surface area (Å²) in [5.74, 6) is -1.09. The first kappa shape index (κ1) is 24.7. The molecule has 0 saturated carbocycles. The van der Waals surface area contributed by atoms with Crippen LogP contribution >= 0.6 is 11.6 Å². The topological polar surface area (TPSA) is 111 Å². The quantitative estimate of drug-likeness (QED) is 0.443. The summed E-state index contributed by atoms with van der Waals surface area (Å²) in [5, 5.41) is 3.02. The number of amides is 1. The fourth-order valence-corrected chi connectivity index (χ4v) is 4.83. The van der Waals surface area contributed by atoms with Crippen molar-refractivity contribution in [3.63, 3.8) is 0 Å². The van der Waals surface area contributed by atoms with Crippen LogP contribution in [0.5, 0.6) is 5.75 Å². The molecule has 0 aromatic heterocycles. The number of anilines is 1. The van der Waals surface area contributed by atoms with Crippen molar-refractivity contribution in [3.8, 4) is 5.75 Å². The van der Waals surface area contributed by atoms with Gasteiger partial charge in [0.25, 0.3) is 5.91 Å². The second-order valence-corrected chi connectivity index (χ2v) is 9.27. The van der Waals surface area contributed by atoms with E-state index < -0.39 is 28.5 Å². The van der Waals surface area contributed by atoms with E-state index in [0.29, 0.717) is 29.5 Å². The summed E-state index contributed by atoms with van der Waals surface area (Å²) >= 11 is 5.86. The Bertz CT molecular complexity index is 1150. The van der Waals surface area contributed by atoms with E-state index in [1.165, 1.54) is 29.6 Å². The Balaban J connectivity index is 1.63. The first-order valence-corrected chi connectivity index (χ1v) is 11.8. The lowest BCUT2D eigenvalue weighted by Crippen LogP contribution is -2.40. The molecule has 0 unspecified atom stereocenters. The second-order valence-electron chi connectivity index (χ2n) is 6.93. The smallest absolute Gasteiger partial charge is 0.331 e. The van der Waals surface area contributed by atoms with Crippen molar-refractivity contribution in [3.05, 3.63) is 59.1 Å². The highest BCUT2D eigenvalue weighted by Crippen LogP contribution is 2.28. The lowest BCUT2D eigenvalue weighted by molar-refractivity contribution is -0.142. The molecule has 9 nitrogen and oxygen atoms in total. The molecule has 11 heteroatoms. The average Bonchev–Trinajstić information content (AvgIpc) is 2.81. The fraction of sp³-hybridized carbons (Fsp3) is 0.273.